The molecule has 0 saturated carbocycles. The summed E-state index contributed by atoms with van der Waals surface area (Å²) in [5.74, 6) is 1.94. The summed E-state index contributed by atoms with van der Waals surface area (Å²) in [7, 11) is 1.66. The summed E-state index contributed by atoms with van der Waals surface area (Å²) in [4.78, 5) is 14.6. The lowest BCUT2D eigenvalue weighted by molar-refractivity contribution is -0.135. The van der Waals surface area contributed by atoms with Crippen molar-refractivity contribution < 1.29 is 9.53 Å². The summed E-state index contributed by atoms with van der Waals surface area (Å²) in [6.45, 7) is 5.75. The van der Waals surface area contributed by atoms with E-state index in [4.69, 9.17) is 10.5 Å². The number of ether oxygens (including phenoxy) is 1. The monoisotopic (exact) mass is 340 g/mol. The van der Waals surface area contributed by atoms with E-state index in [-0.39, 0.29) is 30.3 Å². The summed E-state index contributed by atoms with van der Waals surface area (Å²) in [6, 6.07) is 8.17. The molecule has 1 saturated heterocycles. The fourth-order valence-electron chi connectivity index (χ4n) is 3.23. The Morgan fingerprint density at radius 1 is 1.39 bits per heavy atom. The topological polar surface area (TPSA) is 55.6 Å². The van der Waals surface area contributed by atoms with Crippen LogP contribution in [0.5, 0.6) is 5.75 Å². The molecule has 130 valence electrons. The van der Waals surface area contributed by atoms with E-state index in [0.29, 0.717) is 18.9 Å². The van der Waals surface area contributed by atoms with Crippen molar-refractivity contribution in [2.45, 2.75) is 45.1 Å². The summed E-state index contributed by atoms with van der Waals surface area (Å²) in [5, 5.41) is 0. The van der Waals surface area contributed by atoms with Crippen LogP contribution in [0.3, 0.4) is 0 Å². The number of carbonyl (C=O) groups is 1. The van der Waals surface area contributed by atoms with Gasteiger partial charge >= 0.3 is 0 Å². The van der Waals surface area contributed by atoms with E-state index >= 15 is 0 Å². The van der Waals surface area contributed by atoms with Gasteiger partial charge in [0.05, 0.1) is 7.11 Å². The van der Waals surface area contributed by atoms with Crippen molar-refractivity contribution >= 4 is 18.3 Å². The molecule has 1 aliphatic heterocycles. The van der Waals surface area contributed by atoms with Gasteiger partial charge < -0.3 is 15.4 Å². The number of rotatable bonds is 5. The number of piperidine rings is 1. The zero-order valence-electron chi connectivity index (χ0n) is 14.3. The molecule has 2 N–H and O–H groups in total. The van der Waals surface area contributed by atoms with E-state index in [0.717, 1.165) is 25.1 Å². The van der Waals surface area contributed by atoms with Crippen LogP contribution in [-0.2, 0) is 4.79 Å². The van der Waals surface area contributed by atoms with Crippen LogP contribution in [0.2, 0.25) is 0 Å². The second-order valence-corrected chi connectivity index (χ2v) is 6.48. The molecule has 0 radical (unpaired) electrons. The second-order valence-electron chi connectivity index (χ2n) is 6.48. The number of carbonyl (C=O) groups excluding carboxylic acids is 1. The van der Waals surface area contributed by atoms with Crippen molar-refractivity contribution in [1.29, 1.82) is 0 Å². The van der Waals surface area contributed by atoms with E-state index < -0.39 is 0 Å². The van der Waals surface area contributed by atoms with E-state index in [1.54, 1.807) is 7.11 Å². The van der Waals surface area contributed by atoms with Crippen molar-refractivity contribution in [3.8, 4) is 5.75 Å². The Labute approximate surface area is 145 Å². The second kappa shape index (κ2) is 9.14. The van der Waals surface area contributed by atoms with Crippen LogP contribution in [0.1, 0.15) is 44.6 Å². The number of benzene rings is 1. The number of hydrogen-bond acceptors (Lipinski definition) is 3. The average molecular weight is 341 g/mol. The van der Waals surface area contributed by atoms with Crippen LogP contribution in [0.15, 0.2) is 24.3 Å². The Morgan fingerprint density at radius 3 is 2.61 bits per heavy atom. The Kier molecular flexibility index (Phi) is 7.86. The molecule has 0 spiro atoms. The maximum Gasteiger partial charge on any atom is 0.223 e. The molecule has 0 bridgehead atoms. The van der Waals surface area contributed by atoms with E-state index in [2.05, 4.69) is 13.8 Å². The summed E-state index contributed by atoms with van der Waals surface area (Å²) < 4.78 is 5.17. The molecule has 0 aliphatic carbocycles. The van der Waals surface area contributed by atoms with Crippen molar-refractivity contribution in [2.24, 2.45) is 11.7 Å². The number of halogens is 1. The number of nitrogens with zero attached hydrogens (tertiary/aromatic N) is 1. The maximum absolute atomic E-state index is 12.6. The Balaban J connectivity index is 0.00000264. The quantitative estimate of drug-likeness (QED) is 0.895. The number of hydrogen-bond donors (Lipinski definition) is 1. The first kappa shape index (κ1) is 19.8. The lowest BCUT2D eigenvalue weighted by Gasteiger charge is -2.38. The summed E-state index contributed by atoms with van der Waals surface area (Å²) in [6.07, 6.45) is 2.65. The first-order valence-electron chi connectivity index (χ1n) is 8.18. The number of methoxy groups -OCH3 is 1. The van der Waals surface area contributed by atoms with Gasteiger partial charge in [0.25, 0.3) is 0 Å². The van der Waals surface area contributed by atoms with Crippen molar-refractivity contribution in [3.63, 3.8) is 0 Å². The molecule has 1 fully saturated rings. The van der Waals surface area contributed by atoms with Gasteiger partial charge in [-0.05, 0) is 42.4 Å². The molecule has 0 aromatic heterocycles. The molecule has 3 atom stereocenters. The van der Waals surface area contributed by atoms with Crippen LogP contribution in [-0.4, -0.2) is 37.0 Å². The molecule has 2 rings (SSSR count). The Hall–Kier alpha value is -1.26. The first-order chi connectivity index (χ1) is 10.5. The molecule has 1 aromatic carbocycles. The van der Waals surface area contributed by atoms with Gasteiger partial charge in [-0.25, -0.2) is 0 Å². The zero-order valence-corrected chi connectivity index (χ0v) is 15.1. The molecule has 1 aliphatic rings. The Morgan fingerprint density at radius 2 is 2.04 bits per heavy atom. The van der Waals surface area contributed by atoms with Gasteiger partial charge in [0.2, 0.25) is 5.91 Å². The molecule has 23 heavy (non-hydrogen) atoms. The fraction of sp³-hybridized carbons (Fsp3) is 0.611. The van der Waals surface area contributed by atoms with Gasteiger partial charge in [-0.3, -0.25) is 4.79 Å². The van der Waals surface area contributed by atoms with Gasteiger partial charge in [0.1, 0.15) is 5.75 Å². The Bertz CT molecular complexity index is 492. The third-order valence-electron chi connectivity index (χ3n) is 4.74. The van der Waals surface area contributed by atoms with Crippen LogP contribution in [0, 0.1) is 5.92 Å². The molecule has 1 amide bonds. The summed E-state index contributed by atoms with van der Waals surface area (Å²) in [5.41, 5.74) is 7.03. The van der Waals surface area contributed by atoms with Gasteiger partial charge in [-0.2, -0.15) is 0 Å². The zero-order chi connectivity index (χ0) is 16.1. The standard InChI is InChI=1S/C18H28N2O2.ClH/c1-13-8-9-20(16(10-13)12-19)18(21)11-14(2)15-4-6-17(22-3)7-5-15;/h4-7,13-14,16H,8-12,19H2,1-3H3;1H. The van der Waals surface area contributed by atoms with Crippen LogP contribution < -0.4 is 10.5 Å². The molecule has 5 heteroatoms. The average Bonchev–Trinajstić information content (AvgIpc) is 2.54. The number of nitrogens with two attached hydrogens (primary N) is 1. The molecular formula is C18H29ClN2O2. The van der Waals surface area contributed by atoms with Gasteiger partial charge in [-0.15, -0.1) is 12.4 Å². The largest absolute Gasteiger partial charge is 0.497 e. The van der Waals surface area contributed by atoms with Crippen molar-refractivity contribution in [2.75, 3.05) is 20.2 Å². The van der Waals surface area contributed by atoms with Gasteiger partial charge in [0, 0.05) is 25.6 Å². The third-order valence-corrected chi connectivity index (χ3v) is 4.74. The normalized spacial score (nSPS) is 22.2. The number of amides is 1. The van der Waals surface area contributed by atoms with Crippen molar-refractivity contribution in [1.82, 2.24) is 4.90 Å². The third kappa shape index (κ3) is 5.11. The lowest BCUT2D eigenvalue weighted by atomic mass is 9.91. The van der Waals surface area contributed by atoms with E-state index in [9.17, 15) is 4.79 Å². The minimum atomic E-state index is 0. The minimum Gasteiger partial charge on any atom is -0.497 e. The highest BCUT2D eigenvalue weighted by molar-refractivity contribution is 5.85. The molecule has 4 nitrogen and oxygen atoms in total. The maximum atomic E-state index is 12.6. The molecule has 3 unspecified atom stereocenters. The van der Waals surface area contributed by atoms with Crippen LogP contribution in [0.4, 0.5) is 0 Å². The highest BCUT2D eigenvalue weighted by Crippen LogP contribution is 2.26. The summed E-state index contributed by atoms with van der Waals surface area (Å²) >= 11 is 0. The van der Waals surface area contributed by atoms with Crippen LogP contribution >= 0.6 is 12.4 Å². The van der Waals surface area contributed by atoms with Gasteiger partial charge in [0.15, 0.2) is 0 Å². The van der Waals surface area contributed by atoms with Gasteiger partial charge in [-0.1, -0.05) is 26.0 Å². The predicted octanol–water partition coefficient (Wildman–Crippen LogP) is 3.20. The lowest BCUT2D eigenvalue weighted by Crippen LogP contribution is -2.49. The fourth-order valence-corrected chi connectivity index (χ4v) is 3.23. The number of likely N-dealkylation sites (tertiary alicyclic amines) is 1. The molecular weight excluding hydrogens is 312 g/mol. The highest BCUT2D eigenvalue weighted by atomic mass is 35.5. The van der Waals surface area contributed by atoms with E-state index in [1.807, 2.05) is 29.2 Å². The molecule has 1 heterocycles. The van der Waals surface area contributed by atoms with E-state index in [1.165, 1.54) is 5.56 Å². The van der Waals surface area contributed by atoms with Crippen LogP contribution in [0.25, 0.3) is 0 Å². The smallest absolute Gasteiger partial charge is 0.223 e. The SMILES string of the molecule is COc1ccc(C(C)CC(=O)N2CCC(C)CC2CN)cc1.Cl. The molecule has 1 aromatic rings. The van der Waals surface area contributed by atoms with Crippen molar-refractivity contribution in [3.05, 3.63) is 29.8 Å². The first-order valence-corrected chi connectivity index (χ1v) is 8.18. The minimum absolute atomic E-state index is 0. The predicted molar refractivity (Wildman–Crippen MR) is 96.2 cm³/mol. The highest BCUT2D eigenvalue weighted by Gasteiger charge is 2.29.